The zero-order valence-corrected chi connectivity index (χ0v) is 14.1. The van der Waals surface area contributed by atoms with Gasteiger partial charge in [0.1, 0.15) is 12.4 Å². The van der Waals surface area contributed by atoms with Crippen LogP contribution in [0.2, 0.25) is 0 Å². The zero-order valence-electron chi connectivity index (χ0n) is 13.3. The normalized spacial score (nSPS) is 21.2. The van der Waals surface area contributed by atoms with Crippen molar-refractivity contribution in [3.05, 3.63) is 29.8 Å². The van der Waals surface area contributed by atoms with Gasteiger partial charge in [-0.1, -0.05) is 12.1 Å². The van der Waals surface area contributed by atoms with Gasteiger partial charge >= 0.3 is 0 Å². The van der Waals surface area contributed by atoms with Crippen molar-refractivity contribution >= 4 is 21.8 Å². The number of carbonyl (C=O) groups excluding carboxylic acids is 1. The van der Waals surface area contributed by atoms with Crippen molar-refractivity contribution in [1.29, 1.82) is 0 Å². The van der Waals surface area contributed by atoms with E-state index in [0.29, 0.717) is 12.1 Å². The Morgan fingerprint density at radius 1 is 1.25 bits per heavy atom. The minimum Gasteiger partial charge on any atom is -0.353 e. The van der Waals surface area contributed by atoms with E-state index in [-0.39, 0.29) is 23.2 Å². The van der Waals surface area contributed by atoms with Crippen molar-refractivity contribution in [2.24, 2.45) is 4.99 Å². The lowest BCUT2D eigenvalue weighted by atomic mass is 10.2. The summed E-state index contributed by atoms with van der Waals surface area (Å²) in [4.78, 5) is 18.5. The molecule has 2 aliphatic heterocycles. The Morgan fingerprint density at radius 2 is 2.00 bits per heavy atom. The molecule has 1 amide bonds. The Labute approximate surface area is 141 Å². The zero-order chi connectivity index (χ0) is 17.0. The van der Waals surface area contributed by atoms with Gasteiger partial charge in [0.25, 0.3) is 10.0 Å². The number of amidine groups is 1. The van der Waals surface area contributed by atoms with Crippen LogP contribution in [0.5, 0.6) is 0 Å². The number of hydrogen-bond acceptors (Lipinski definition) is 6. The van der Waals surface area contributed by atoms with Crippen molar-refractivity contribution < 1.29 is 13.2 Å². The average Bonchev–Trinajstić information content (AvgIpc) is 2.85. The number of rotatable bonds is 5. The molecule has 0 spiro atoms. The second kappa shape index (κ2) is 7.29. The van der Waals surface area contributed by atoms with Crippen LogP contribution in [-0.4, -0.2) is 70.9 Å². The van der Waals surface area contributed by atoms with Crippen molar-refractivity contribution in [1.82, 2.24) is 20.3 Å². The first kappa shape index (κ1) is 16.9. The molecule has 2 heterocycles. The number of nitrogens with one attached hydrogen (secondary N) is 3. The molecule has 0 aromatic heterocycles. The fraction of sp³-hybridized carbons (Fsp3) is 0.467. The number of carbonyl (C=O) groups is 1. The van der Waals surface area contributed by atoms with Crippen molar-refractivity contribution in [3.63, 3.8) is 0 Å². The van der Waals surface area contributed by atoms with Crippen LogP contribution in [0, 0.1) is 0 Å². The highest BCUT2D eigenvalue weighted by molar-refractivity contribution is 7.90. The second-order valence-electron chi connectivity index (χ2n) is 5.71. The molecular formula is C15H21N5O3S. The third kappa shape index (κ3) is 3.92. The fourth-order valence-corrected chi connectivity index (χ4v) is 4.00. The molecule has 0 bridgehead atoms. The molecule has 0 radical (unpaired) electrons. The highest BCUT2D eigenvalue weighted by Crippen LogP contribution is 2.21. The number of sulfonamides is 1. The standard InChI is InChI=1S/C15H21N5O3S/c21-14(17-7-10-20-8-5-16-6-9-20)11-18-15-12-3-1-2-4-13(12)24(22,23)19-15/h1-4,16H,5-11H2,(H,17,21)(H,18,19). The summed E-state index contributed by atoms with van der Waals surface area (Å²) in [5, 5.41) is 6.09. The average molecular weight is 351 g/mol. The van der Waals surface area contributed by atoms with Gasteiger partial charge in [-0.2, -0.15) is 0 Å². The molecule has 2 aliphatic rings. The van der Waals surface area contributed by atoms with E-state index in [1.807, 2.05) is 0 Å². The quantitative estimate of drug-likeness (QED) is 0.615. The smallest absolute Gasteiger partial charge is 0.263 e. The Hall–Kier alpha value is -1.97. The van der Waals surface area contributed by atoms with E-state index in [9.17, 15) is 13.2 Å². The molecule has 1 saturated heterocycles. The fourth-order valence-electron chi connectivity index (χ4n) is 2.75. The van der Waals surface area contributed by atoms with Crippen molar-refractivity contribution in [3.8, 4) is 0 Å². The molecule has 3 rings (SSSR count). The maximum absolute atomic E-state index is 12.0. The molecule has 1 fully saturated rings. The van der Waals surface area contributed by atoms with Crippen molar-refractivity contribution in [2.45, 2.75) is 4.90 Å². The molecule has 24 heavy (non-hydrogen) atoms. The third-order valence-electron chi connectivity index (χ3n) is 4.00. The molecule has 9 heteroatoms. The monoisotopic (exact) mass is 351 g/mol. The van der Waals surface area contributed by atoms with Crippen LogP contribution in [0.15, 0.2) is 34.2 Å². The maximum atomic E-state index is 12.0. The van der Waals surface area contributed by atoms with Crippen LogP contribution in [0.3, 0.4) is 0 Å². The molecule has 0 saturated carbocycles. The minimum atomic E-state index is -3.56. The Morgan fingerprint density at radius 3 is 2.79 bits per heavy atom. The molecule has 130 valence electrons. The van der Waals surface area contributed by atoms with Gasteiger partial charge in [0, 0.05) is 44.8 Å². The van der Waals surface area contributed by atoms with Crippen LogP contribution in [0.25, 0.3) is 0 Å². The number of benzene rings is 1. The van der Waals surface area contributed by atoms with E-state index < -0.39 is 10.0 Å². The van der Waals surface area contributed by atoms with Crippen LogP contribution in [0.1, 0.15) is 5.56 Å². The lowest BCUT2D eigenvalue weighted by molar-refractivity contribution is -0.119. The lowest BCUT2D eigenvalue weighted by Crippen LogP contribution is -2.46. The summed E-state index contributed by atoms with van der Waals surface area (Å²) >= 11 is 0. The van der Waals surface area contributed by atoms with Crippen LogP contribution in [-0.2, 0) is 14.8 Å². The van der Waals surface area contributed by atoms with Gasteiger partial charge in [-0.15, -0.1) is 0 Å². The first-order chi connectivity index (χ1) is 11.6. The van der Waals surface area contributed by atoms with Gasteiger partial charge in [0.15, 0.2) is 0 Å². The summed E-state index contributed by atoms with van der Waals surface area (Å²) in [6, 6.07) is 6.59. The SMILES string of the molecule is O=C(CN=C1NS(=O)(=O)c2ccccc21)NCCN1CCNCC1. The number of hydrogen-bond donors (Lipinski definition) is 3. The van der Waals surface area contributed by atoms with E-state index in [4.69, 9.17) is 0 Å². The highest BCUT2D eigenvalue weighted by Gasteiger charge is 2.30. The summed E-state index contributed by atoms with van der Waals surface area (Å²) in [7, 11) is -3.56. The number of amides is 1. The predicted molar refractivity (Wildman–Crippen MR) is 90.5 cm³/mol. The molecule has 1 aromatic rings. The van der Waals surface area contributed by atoms with Crippen LogP contribution >= 0.6 is 0 Å². The first-order valence-electron chi connectivity index (χ1n) is 7.93. The summed E-state index contributed by atoms with van der Waals surface area (Å²) < 4.78 is 26.3. The summed E-state index contributed by atoms with van der Waals surface area (Å²) in [6.07, 6.45) is 0. The minimum absolute atomic E-state index is 0.103. The lowest BCUT2D eigenvalue weighted by Gasteiger charge is -2.26. The van der Waals surface area contributed by atoms with Gasteiger partial charge in [-0.05, 0) is 12.1 Å². The molecule has 3 N–H and O–H groups in total. The predicted octanol–water partition coefficient (Wildman–Crippen LogP) is -1.25. The molecular weight excluding hydrogens is 330 g/mol. The third-order valence-corrected chi connectivity index (χ3v) is 5.40. The summed E-state index contributed by atoms with van der Waals surface area (Å²) in [5.74, 6) is 0.00377. The van der Waals surface area contributed by atoms with Crippen molar-refractivity contribution in [2.75, 3.05) is 45.8 Å². The van der Waals surface area contributed by atoms with E-state index >= 15 is 0 Å². The molecule has 0 unspecified atom stereocenters. The van der Waals surface area contributed by atoms with Gasteiger partial charge in [0.2, 0.25) is 5.91 Å². The summed E-state index contributed by atoms with van der Waals surface area (Å²) in [6.45, 7) is 5.18. The second-order valence-corrected chi connectivity index (χ2v) is 7.36. The Balaban J connectivity index is 1.51. The maximum Gasteiger partial charge on any atom is 0.263 e. The van der Waals surface area contributed by atoms with E-state index in [0.717, 1.165) is 32.7 Å². The van der Waals surface area contributed by atoms with E-state index in [2.05, 4.69) is 25.2 Å². The number of piperazine rings is 1. The van der Waals surface area contributed by atoms with Gasteiger partial charge in [-0.25, -0.2) is 8.42 Å². The molecule has 0 atom stereocenters. The Kier molecular flexibility index (Phi) is 5.12. The van der Waals surface area contributed by atoms with Gasteiger partial charge < -0.3 is 10.6 Å². The largest absolute Gasteiger partial charge is 0.353 e. The number of aliphatic imine (C=N–C) groups is 1. The molecule has 0 aliphatic carbocycles. The summed E-state index contributed by atoms with van der Waals surface area (Å²) in [5.41, 5.74) is 0.506. The highest BCUT2D eigenvalue weighted by atomic mass is 32.2. The topological polar surface area (TPSA) is 103 Å². The molecule has 8 nitrogen and oxygen atoms in total. The van der Waals surface area contributed by atoms with E-state index in [1.165, 1.54) is 6.07 Å². The van der Waals surface area contributed by atoms with Crippen LogP contribution < -0.4 is 15.4 Å². The van der Waals surface area contributed by atoms with Crippen LogP contribution in [0.4, 0.5) is 0 Å². The Bertz CT molecular complexity index is 741. The van der Waals surface area contributed by atoms with Gasteiger partial charge in [0.05, 0.1) is 4.90 Å². The number of fused-ring (bicyclic) bond motifs is 1. The first-order valence-corrected chi connectivity index (χ1v) is 9.41. The van der Waals surface area contributed by atoms with E-state index in [1.54, 1.807) is 18.2 Å². The number of nitrogens with zero attached hydrogens (tertiary/aromatic N) is 2. The van der Waals surface area contributed by atoms with Gasteiger partial charge in [-0.3, -0.25) is 19.4 Å². The molecule has 1 aromatic carbocycles.